The Hall–Kier alpha value is -0.160. The predicted molar refractivity (Wildman–Crippen MR) is 52.2 cm³/mol. The van der Waals surface area contributed by atoms with E-state index in [1.54, 1.807) is 7.11 Å². The summed E-state index contributed by atoms with van der Waals surface area (Å²) in [6.45, 7) is 3.22. The van der Waals surface area contributed by atoms with Crippen molar-refractivity contribution in [3.05, 3.63) is 0 Å². The van der Waals surface area contributed by atoms with Gasteiger partial charge in [-0.2, -0.15) is 0 Å². The van der Waals surface area contributed by atoms with E-state index >= 15 is 0 Å². The van der Waals surface area contributed by atoms with E-state index in [0.29, 0.717) is 26.4 Å². The normalized spacial score (nSPS) is 24.0. The van der Waals surface area contributed by atoms with Gasteiger partial charge in [-0.3, -0.25) is 0 Å². The number of hydrogen-bond acceptors (Lipinski definition) is 4. The molecule has 0 amide bonds. The number of methoxy groups -OCH3 is 1. The lowest BCUT2D eigenvalue weighted by Crippen LogP contribution is -2.26. The summed E-state index contributed by atoms with van der Waals surface area (Å²) in [7, 11) is 1.67. The maximum atomic E-state index is 9.67. The molecule has 0 aliphatic carbocycles. The molecule has 1 rings (SSSR count). The maximum Gasteiger partial charge on any atom is 0.0824 e. The second kappa shape index (κ2) is 7.17. The first-order chi connectivity index (χ1) is 6.84. The van der Waals surface area contributed by atoms with E-state index in [1.165, 1.54) is 0 Å². The molecule has 2 atom stereocenters. The van der Waals surface area contributed by atoms with Gasteiger partial charge >= 0.3 is 0 Å². The van der Waals surface area contributed by atoms with E-state index in [2.05, 4.69) is 0 Å². The highest BCUT2D eigenvalue weighted by Gasteiger charge is 2.23. The van der Waals surface area contributed by atoms with Crippen LogP contribution in [-0.4, -0.2) is 51.4 Å². The van der Waals surface area contributed by atoms with Gasteiger partial charge in [-0.15, -0.1) is 0 Å². The van der Waals surface area contributed by atoms with Crippen molar-refractivity contribution in [1.82, 2.24) is 0 Å². The summed E-state index contributed by atoms with van der Waals surface area (Å²) in [6, 6.07) is 0. The Labute approximate surface area is 85.2 Å². The fraction of sp³-hybridized carbons (Fsp3) is 1.00. The first-order valence-corrected chi connectivity index (χ1v) is 5.17. The highest BCUT2D eigenvalue weighted by atomic mass is 16.5. The number of hydrogen-bond donors (Lipinski definition) is 1. The molecule has 1 saturated heterocycles. The molecule has 1 heterocycles. The van der Waals surface area contributed by atoms with Crippen molar-refractivity contribution in [2.75, 3.05) is 40.1 Å². The third-order valence-corrected chi connectivity index (χ3v) is 2.43. The molecule has 0 aromatic rings. The molecule has 0 aromatic carbocycles. The van der Waals surface area contributed by atoms with Crippen LogP contribution in [0.2, 0.25) is 0 Å². The lowest BCUT2D eigenvalue weighted by atomic mass is 10.0. The lowest BCUT2D eigenvalue weighted by molar-refractivity contribution is -0.00249. The first-order valence-electron chi connectivity index (χ1n) is 5.17. The molecule has 84 valence electrons. The summed E-state index contributed by atoms with van der Waals surface area (Å²) >= 11 is 0. The molecular weight excluding hydrogens is 184 g/mol. The van der Waals surface area contributed by atoms with Gasteiger partial charge in [0.05, 0.1) is 19.3 Å². The molecule has 1 N–H and O–H groups in total. The summed E-state index contributed by atoms with van der Waals surface area (Å²) < 4.78 is 15.4. The average Bonchev–Trinajstić information content (AvgIpc) is 2.70. The second-order valence-electron chi connectivity index (χ2n) is 3.61. The van der Waals surface area contributed by atoms with Crippen molar-refractivity contribution in [1.29, 1.82) is 0 Å². The van der Waals surface area contributed by atoms with Gasteiger partial charge < -0.3 is 19.3 Å². The van der Waals surface area contributed by atoms with Crippen molar-refractivity contribution in [2.24, 2.45) is 5.92 Å². The summed E-state index contributed by atoms with van der Waals surface area (Å²) in [5.74, 6) is 0.262. The molecule has 0 radical (unpaired) electrons. The van der Waals surface area contributed by atoms with Crippen molar-refractivity contribution in [3.63, 3.8) is 0 Å². The van der Waals surface area contributed by atoms with Crippen molar-refractivity contribution < 1.29 is 19.3 Å². The smallest absolute Gasteiger partial charge is 0.0824 e. The third kappa shape index (κ3) is 4.37. The summed E-state index contributed by atoms with van der Waals surface area (Å²) in [5, 5.41) is 9.67. The van der Waals surface area contributed by atoms with Gasteiger partial charge in [-0.25, -0.2) is 0 Å². The highest BCUT2D eigenvalue weighted by molar-refractivity contribution is 4.72. The third-order valence-electron chi connectivity index (χ3n) is 2.43. The molecule has 4 heteroatoms. The second-order valence-corrected chi connectivity index (χ2v) is 3.61. The van der Waals surface area contributed by atoms with Crippen molar-refractivity contribution >= 4 is 0 Å². The zero-order valence-electron chi connectivity index (χ0n) is 8.78. The van der Waals surface area contributed by atoms with Gasteiger partial charge in [0.15, 0.2) is 0 Å². The van der Waals surface area contributed by atoms with Crippen LogP contribution in [0.1, 0.15) is 12.8 Å². The first kappa shape index (κ1) is 11.9. The molecule has 1 aliphatic rings. The monoisotopic (exact) mass is 204 g/mol. The number of aliphatic hydroxyl groups is 1. The molecule has 0 aromatic heterocycles. The highest BCUT2D eigenvalue weighted by Crippen LogP contribution is 2.16. The van der Waals surface area contributed by atoms with E-state index in [4.69, 9.17) is 14.2 Å². The van der Waals surface area contributed by atoms with Crippen LogP contribution in [0.15, 0.2) is 0 Å². The van der Waals surface area contributed by atoms with Crippen molar-refractivity contribution in [3.8, 4) is 0 Å². The number of aliphatic hydroxyl groups excluding tert-OH is 1. The standard InChI is InChI=1S/C10H20O4/c1-12-4-2-5-13-8-10(11)9-3-6-14-7-9/h9-11H,2-8H2,1H3. The van der Waals surface area contributed by atoms with Gasteiger partial charge in [0.25, 0.3) is 0 Å². The lowest BCUT2D eigenvalue weighted by Gasteiger charge is -2.16. The van der Waals surface area contributed by atoms with E-state index in [9.17, 15) is 5.11 Å². The Balaban J connectivity index is 1.94. The number of rotatable bonds is 7. The fourth-order valence-electron chi connectivity index (χ4n) is 1.50. The van der Waals surface area contributed by atoms with Gasteiger partial charge in [0.1, 0.15) is 0 Å². The van der Waals surface area contributed by atoms with Gasteiger partial charge in [0.2, 0.25) is 0 Å². The van der Waals surface area contributed by atoms with E-state index < -0.39 is 0 Å². The fourth-order valence-corrected chi connectivity index (χ4v) is 1.50. The molecule has 1 fully saturated rings. The molecule has 2 unspecified atom stereocenters. The Morgan fingerprint density at radius 2 is 2.36 bits per heavy atom. The molecule has 0 saturated carbocycles. The quantitative estimate of drug-likeness (QED) is 0.611. The Morgan fingerprint density at radius 3 is 3.00 bits per heavy atom. The van der Waals surface area contributed by atoms with E-state index in [0.717, 1.165) is 19.4 Å². The van der Waals surface area contributed by atoms with Crippen LogP contribution in [-0.2, 0) is 14.2 Å². The largest absolute Gasteiger partial charge is 0.390 e. The summed E-state index contributed by atoms with van der Waals surface area (Å²) in [6.07, 6.45) is 1.45. The molecule has 1 aliphatic heterocycles. The molecular formula is C10H20O4. The van der Waals surface area contributed by atoms with E-state index in [-0.39, 0.29) is 12.0 Å². The predicted octanol–water partition coefficient (Wildman–Crippen LogP) is 0.437. The van der Waals surface area contributed by atoms with Crippen LogP contribution in [0.25, 0.3) is 0 Å². The molecule has 14 heavy (non-hydrogen) atoms. The minimum atomic E-state index is -0.375. The average molecular weight is 204 g/mol. The maximum absolute atomic E-state index is 9.67. The Morgan fingerprint density at radius 1 is 1.50 bits per heavy atom. The molecule has 0 bridgehead atoms. The Bertz CT molecular complexity index is 134. The number of ether oxygens (including phenoxy) is 3. The van der Waals surface area contributed by atoms with Gasteiger partial charge in [0, 0.05) is 32.8 Å². The topological polar surface area (TPSA) is 47.9 Å². The molecule has 0 spiro atoms. The van der Waals surface area contributed by atoms with Gasteiger partial charge in [-0.1, -0.05) is 0 Å². The van der Waals surface area contributed by atoms with Crippen LogP contribution in [0.4, 0.5) is 0 Å². The van der Waals surface area contributed by atoms with E-state index in [1.807, 2.05) is 0 Å². The minimum absolute atomic E-state index is 0.262. The van der Waals surface area contributed by atoms with Crippen LogP contribution >= 0.6 is 0 Å². The zero-order valence-corrected chi connectivity index (χ0v) is 8.78. The van der Waals surface area contributed by atoms with Crippen LogP contribution < -0.4 is 0 Å². The summed E-state index contributed by atoms with van der Waals surface area (Å²) in [5.41, 5.74) is 0. The van der Waals surface area contributed by atoms with Crippen molar-refractivity contribution in [2.45, 2.75) is 18.9 Å². The minimum Gasteiger partial charge on any atom is -0.390 e. The SMILES string of the molecule is COCCCOCC(O)C1CCOC1. The van der Waals surface area contributed by atoms with Crippen LogP contribution in [0.5, 0.6) is 0 Å². The van der Waals surface area contributed by atoms with Crippen LogP contribution in [0.3, 0.4) is 0 Å². The zero-order chi connectivity index (χ0) is 10.2. The molecule has 4 nitrogen and oxygen atoms in total. The Kier molecular flexibility index (Phi) is 6.10. The summed E-state index contributed by atoms with van der Waals surface area (Å²) in [4.78, 5) is 0. The van der Waals surface area contributed by atoms with Crippen LogP contribution in [0, 0.1) is 5.92 Å². The van der Waals surface area contributed by atoms with Gasteiger partial charge in [-0.05, 0) is 12.8 Å².